The highest BCUT2D eigenvalue weighted by Crippen LogP contribution is 2.28. The smallest absolute Gasteiger partial charge is 0.228 e. The summed E-state index contributed by atoms with van der Waals surface area (Å²) in [7, 11) is 0. The van der Waals surface area contributed by atoms with E-state index in [4.69, 9.17) is 0 Å². The fourth-order valence-corrected chi connectivity index (χ4v) is 1.68. The van der Waals surface area contributed by atoms with Gasteiger partial charge in [0.2, 0.25) is 5.95 Å². The molecule has 0 unspecified atom stereocenters. The molecule has 0 radical (unpaired) electrons. The van der Waals surface area contributed by atoms with Gasteiger partial charge in [0.1, 0.15) is 0 Å². The third-order valence-corrected chi connectivity index (χ3v) is 2.39. The summed E-state index contributed by atoms with van der Waals surface area (Å²) in [5, 5.41) is 6.12. The zero-order valence-electron chi connectivity index (χ0n) is 8.54. The molecule has 1 N–H and O–H groups in total. The molecular formula is C12H10N4. The molecule has 4 nitrogen and oxygen atoms in total. The monoisotopic (exact) mass is 210 g/mol. The minimum absolute atomic E-state index is 0.715. The van der Waals surface area contributed by atoms with Crippen molar-refractivity contribution >= 4 is 23.9 Å². The van der Waals surface area contributed by atoms with Crippen molar-refractivity contribution in [3.05, 3.63) is 48.3 Å². The number of nitrogens with one attached hydrogen (secondary N) is 1. The Kier molecular flexibility index (Phi) is 2.04. The number of imidazole rings is 1. The van der Waals surface area contributed by atoms with Crippen LogP contribution in [0.2, 0.25) is 0 Å². The van der Waals surface area contributed by atoms with E-state index in [9.17, 15) is 0 Å². The van der Waals surface area contributed by atoms with E-state index >= 15 is 0 Å². The number of fused-ring (bicyclic) bond motifs is 1. The van der Waals surface area contributed by atoms with Crippen LogP contribution in [0.1, 0.15) is 5.56 Å². The van der Waals surface area contributed by atoms with E-state index in [1.54, 1.807) is 23.6 Å². The Hall–Kier alpha value is -2.36. The van der Waals surface area contributed by atoms with Crippen LogP contribution in [0, 0.1) is 0 Å². The lowest BCUT2D eigenvalue weighted by Crippen LogP contribution is -2.10. The van der Waals surface area contributed by atoms with E-state index in [0.717, 1.165) is 11.3 Å². The van der Waals surface area contributed by atoms with Crippen molar-refractivity contribution in [2.24, 2.45) is 5.10 Å². The molecule has 2 heterocycles. The van der Waals surface area contributed by atoms with Gasteiger partial charge in [0.05, 0.1) is 5.69 Å². The number of H-pyrrole nitrogens is 1. The van der Waals surface area contributed by atoms with Gasteiger partial charge < -0.3 is 4.98 Å². The Morgan fingerprint density at radius 2 is 2.12 bits per heavy atom. The van der Waals surface area contributed by atoms with Crippen molar-refractivity contribution in [1.29, 1.82) is 0 Å². The second kappa shape index (κ2) is 3.66. The summed E-state index contributed by atoms with van der Waals surface area (Å²) in [5.41, 5.74) is 2.14. The molecule has 1 aromatic carbocycles. The first-order valence-electron chi connectivity index (χ1n) is 5.04. The summed E-state index contributed by atoms with van der Waals surface area (Å²) in [6.07, 6.45) is 9.20. The number of hydrogen-bond donors (Lipinski definition) is 1. The van der Waals surface area contributed by atoms with E-state index in [0.29, 0.717) is 5.95 Å². The Morgan fingerprint density at radius 1 is 1.19 bits per heavy atom. The molecule has 1 aromatic heterocycles. The van der Waals surface area contributed by atoms with Crippen LogP contribution in [0.3, 0.4) is 0 Å². The number of rotatable bonds is 1. The molecule has 0 aliphatic carbocycles. The van der Waals surface area contributed by atoms with Gasteiger partial charge in [0, 0.05) is 24.2 Å². The number of hydrazone groups is 1. The molecule has 4 heteroatoms. The zero-order valence-corrected chi connectivity index (χ0v) is 8.54. The topological polar surface area (TPSA) is 44.3 Å². The summed E-state index contributed by atoms with van der Waals surface area (Å²) in [6.45, 7) is 0. The first-order chi connectivity index (χ1) is 7.95. The molecule has 2 aromatic rings. The van der Waals surface area contributed by atoms with Crippen LogP contribution in [0.15, 0.2) is 47.8 Å². The maximum atomic E-state index is 4.33. The second-order valence-corrected chi connectivity index (χ2v) is 3.41. The number of aromatic amines is 1. The number of aromatic nitrogens is 2. The van der Waals surface area contributed by atoms with Crippen molar-refractivity contribution in [3.8, 4) is 0 Å². The summed E-state index contributed by atoms with van der Waals surface area (Å²) in [5.74, 6) is 0.715. The summed E-state index contributed by atoms with van der Waals surface area (Å²) in [4.78, 5) is 7.26. The molecule has 78 valence electrons. The van der Waals surface area contributed by atoms with Gasteiger partial charge in [-0.3, -0.25) is 0 Å². The molecule has 0 atom stereocenters. The van der Waals surface area contributed by atoms with Gasteiger partial charge in [-0.2, -0.15) is 10.1 Å². The molecular weight excluding hydrogens is 200 g/mol. The van der Waals surface area contributed by atoms with Crippen molar-refractivity contribution in [1.82, 2.24) is 9.97 Å². The Balaban J connectivity index is 2.15. The number of benzene rings is 1. The molecule has 0 saturated heterocycles. The van der Waals surface area contributed by atoms with Gasteiger partial charge in [-0.25, -0.2) is 4.98 Å². The molecule has 3 rings (SSSR count). The molecule has 0 bridgehead atoms. The Labute approximate surface area is 92.9 Å². The first kappa shape index (κ1) is 8.91. The predicted molar refractivity (Wildman–Crippen MR) is 64.7 cm³/mol. The van der Waals surface area contributed by atoms with Crippen LogP contribution in [0.25, 0.3) is 6.08 Å². The maximum absolute atomic E-state index is 4.33. The maximum Gasteiger partial charge on any atom is 0.228 e. The Morgan fingerprint density at radius 3 is 3.00 bits per heavy atom. The van der Waals surface area contributed by atoms with E-state index in [1.807, 2.05) is 30.4 Å². The lowest BCUT2D eigenvalue weighted by Gasteiger charge is -2.16. The van der Waals surface area contributed by atoms with E-state index in [2.05, 4.69) is 21.1 Å². The lowest BCUT2D eigenvalue weighted by atomic mass is 10.1. The van der Waals surface area contributed by atoms with Gasteiger partial charge in [-0.1, -0.05) is 24.3 Å². The predicted octanol–water partition coefficient (Wildman–Crippen LogP) is 2.56. The van der Waals surface area contributed by atoms with E-state index in [1.165, 1.54) is 0 Å². The van der Waals surface area contributed by atoms with Gasteiger partial charge in [-0.15, -0.1) is 0 Å². The normalized spacial score (nSPS) is 13.6. The van der Waals surface area contributed by atoms with Crippen LogP contribution in [-0.2, 0) is 0 Å². The van der Waals surface area contributed by atoms with Crippen LogP contribution >= 0.6 is 0 Å². The van der Waals surface area contributed by atoms with E-state index in [-0.39, 0.29) is 0 Å². The highest BCUT2D eigenvalue weighted by molar-refractivity contribution is 5.86. The van der Waals surface area contributed by atoms with Gasteiger partial charge in [0.15, 0.2) is 0 Å². The highest BCUT2D eigenvalue weighted by atomic mass is 15.5. The molecule has 0 spiro atoms. The number of para-hydroxylation sites is 1. The summed E-state index contributed by atoms with van der Waals surface area (Å²) in [6, 6.07) is 8.07. The molecule has 0 saturated carbocycles. The number of allylic oxidation sites excluding steroid dienone is 1. The SMILES string of the molecule is C1=Cc2ccccc2N(c2ncc[nH]2)N=C1. The number of anilines is 2. The largest absolute Gasteiger partial charge is 0.329 e. The minimum atomic E-state index is 0.715. The van der Waals surface area contributed by atoms with Crippen LogP contribution < -0.4 is 5.01 Å². The van der Waals surface area contributed by atoms with Gasteiger partial charge in [0.25, 0.3) is 0 Å². The van der Waals surface area contributed by atoms with Crippen LogP contribution in [-0.4, -0.2) is 16.2 Å². The average molecular weight is 210 g/mol. The third-order valence-electron chi connectivity index (χ3n) is 2.39. The zero-order chi connectivity index (χ0) is 10.8. The summed E-state index contributed by atoms with van der Waals surface area (Å²) >= 11 is 0. The molecule has 16 heavy (non-hydrogen) atoms. The van der Waals surface area contributed by atoms with Crippen molar-refractivity contribution in [2.75, 3.05) is 5.01 Å². The van der Waals surface area contributed by atoms with Gasteiger partial charge >= 0.3 is 0 Å². The fraction of sp³-hybridized carbons (Fsp3) is 0. The quantitative estimate of drug-likeness (QED) is 0.786. The van der Waals surface area contributed by atoms with Crippen molar-refractivity contribution in [2.45, 2.75) is 0 Å². The summed E-state index contributed by atoms with van der Waals surface area (Å²) < 4.78 is 0. The third kappa shape index (κ3) is 1.40. The molecule has 1 aliphatic heterocycles. The highest BCUT2D eigenvalue weighted by Gasteiger charge is 2.13. The minimum Gasteiger partial charge on any atom is -0.329 e. The van der Waals surface area contributed by atoms with E-state index < -0.39 is 0 Å². The molecule has 0 amide bonds. The number of hydrogen-bond acceptors (Lipinski definition) is 3. The fourth-order valence-electron chi connectivity index (χ4n) is 1.68. The van der Waals surface area contributed by atoms with Crippen LogP contribution in [0.4, 0.5) is 11.6 Å². The molecule has 0 fully saturated rings. The second-order valence-electron chi connectivity index (χ2n) is 3.41. The average Bonchev–Trinajstić information content (AvgIpc) is 2.76. The lowest BCUT2D eigenvalue weighted by molar-refractivity contribution is 1.02. The van der Waals surface area contributed by atoms with Gasteiger partial charge in [-0.05, 0) is 12.1 Å². The van der Waals surface area contributed by atoms with Crippen molar-refractivity contribution in [3.63, 3.8) is 0 Å². The standard InChI is InChI=1S/C12H10N4/c1-2-6-11-10(4-1)5-3-7-15-16(11)12-13-8-9-14-12/h1-9H,(H,13,14). The number of nitrogens with zero attached hydrogens (tertiary/aromatic N) is 3. The van der Waals surface area contributed by atoms with Crippen molar-refractivity contribution < 1.29 is 0 Å². The first-order valence-corrected chi connectivity index (χ1v) is 5.04. The van der Waals surface area contributed by atoms with Crippen LogP contribution in [0.5, 0.6) is 0 Å². The molecule has 1 aliphatic rings. The Bertz CT molecular complexity index is 540.